The molecule has 2 rings (SSSR count). The molecule has 0 saturated heterocycles. The van der Waals surface area contributed by atoms with Crippen LogP contribution < -0.4 is 5.32 Å². The molecule has 2 aromatic rings. The molecule has 0 fully saturated rings. The topological polar surface area (TPSA) is 46.9 Å². The molecule has 0 unspecified atom stereocenters. The lowest BCUT2D eigenvalue weighted by Gasteiger charge is -2.26. The van der Waals surface area contributed by atoms with Gasteiger partial charge in [0.2, 0.25) is 0 Å². The summed E-state index contributed by atoms with van der Waals surface area (Å²) in [4.78, 5) is 11.4. The molecule has 0 aliphatic carbocycles. The summed E-state index contributed by atoms with van der Waals surface area (Å²) in [6, 6.07) is 6.37. The summed E-state index contributed by atoms with van der Waals surface area (Å²) in [5, 5.41) is 5.41. The van der Waals surface area contributed by atoms with Crippen LogP contribution in [0.25, 0.3) is 0 Å². The van der Waals surface area contributed by atoms with E-state index in [0.29, 0.717) is 10.6 Å². The monoisotopic (exact) mass is 481 g/mol. The fraction of sp³-hybridized carbons (Fsp3) is 0.286. The number of benzene rings is 1. The van der Waals surface area contributed by atoms with Crippen LogP contribution in [0.1, 0.15) is 5.56 Å². The molecular weight excluding hydrogens is 475 g/mol. The third-order valence-electron chi connectivity index (χ3n) is 3.24. The number of nitrogens with zero attached hydrogens (tertiary/aromatic N) is 2. The molecule has 0 saturated carbocycles. The number of halogens is 9. The molecular formula is C14H8BrClF7N3O. The van der Waals surface area contributed by atoms with Crippen LogP contribution in [0.5, 0.6) is 0 Å². The number of aromatic nitrogens is 2. The van der Waals surface area contributed by atoms with E-state index >= 15 is 0 Å². The van der Waals surface area contributed by atoms with Crippen molar-refractivity contribution in [1.82, 2.24) is 9.78 Å². The molecule has 148 valence electrons. The number of alkyl halides is 7. The number of carbonyl (C=O) groups is 1. The Labute approximate surface area is 160 Å². The van der Waals surface area contributed by atoms with Gasteiger partial charge < -0.3 is 5.32 Å². The minimum absolute atomic E-state index is 0.0841. The molecule has 0 aliphatic heterocycles. The van der Waals surface area contributed by atoms with Crippen molar-refractivity contribution in [2.75, 3.05) is 5.32 Å². The van der Waals surface area contributed by atoms with Crippen molar-refractivity contribution in [2.24, 2.45) is 0 Å². The molecule has 1 N–H and O–H groups in total. The Balaban J connectivity index is 2.19. The SMILES string of the molecule is O=C(Nc1nn(Cc2ccc(Cl)cc2)cc1Br)C(F)(F)C(F)(F)C(F)(F)F. The average molecular weight is 483 g/mol. The Morgan fingerprint density at radius 1 is 1.11 bits per heavy atom. The highest BCUT2D eigenvalue weighted by atomic mass is 79.9. The van der Waals surface area contributed by atoms with E-state index in [-0.39, 0.29) is 11.0 Å². The summed E-state index contributed by atoms with van der Waals surface area (Å²) in [6.07, 6.45) is -5.40. The fourth-order valence-corrected chi connectivity index (χ4v) is 2.39. The largest absolute Gasteiger partial charge is 0.460 e. The highest BCUT2D eigenvalue weighted by molar-refractivity contribution is 9.10. The summed E-state index contributed by atoms with van der Waals surface area (Å²) in [5.74, 6) is -16.1. The van der Waals surface area contributed by atoms with Crippen molar-refractivity contribution >= 4 is 39.3 Å². The van der Waals surface area contributed by atoms with E-state index in [9.17, 15) is 35.5 Å². The van der Waals surface area contributed by atoms with Gasteiger partial charge in [0, 0.05) is 11.2 Å². The quantitative estimate of drug-likeness (QED) is 0.602. The van der Waals surface area contributed by atoms with Gasteiger partial charge in [0.1, 0.15) is 0 Å². The second-order valence-corrected chi connectivity index (χ2v) is 6.54. The Morgan fingerprint density at radius 2 is 1.67 bits per heavy atom. The third-order valence-corrected chi connectivity index (χ3v) is 4.07. The predicted octanol–water partition coefficient (Wildman–Crippen LogP) is 5.12. The highest BCUT2D eigenvalue weighted by Gasteiger charge is 2.76. The smallest absolute Gasteiger partial charge is 0.303 e. The van der Waals surface area contributed by atoms with Gasteiger partial charge in [-0.2, -0.15) is 35.8 Å². The number of hydrogen-bond donors (Lipinski definition) is 1. The van der Waals surface area contributed by atoms with Crippen molar-refractivity contribution in [2.45, 2.75) is 24.6 Å². The number of hydrogen-bond acceptors (Lipinski definition) is 2. The van der Waals surface area contributed by atoms with E-state index in [0.717, 1.165) is 4.68 Å². The zero-order valence-corrected chi connectivity index (χ0v) is 15.1. The number of carbonyl (C=O) groups excluding carboxylic acids is 1. The molecule has 1 heterocycles. The summed E-state index contributed by atoms with van der Waals surface area (Å²) in [7, 11) is 0. The van der Waals surface area contributed by atoms with Gasteiger partial charge in [0.15, 0.2) is 5.82 Å². The van der Waals surface area contributed by atoms with Crippen molar-refractivity contribution in [3.05, 3.63) is 45.5 Å². The predicted molar refractivity (Wildman–Crippen MR) is 85.1 cm³/mol. The normalized spacial score (nSPS) is 12.9. The van der Waals surface area contributed by atoms with Gasteiger partial charge in [-0.1, -0.05) is 23.7 Å². The highest BCUT2D eigenvalue weighted by Crippen LogP contribution is 2.47. The van der Waals surface area contributed by atoms with E-state index < -0.39 is 29.7 Å². The third kappa shape index (κ3) is 4.37. The minimum Gasteiger partial charge on any atom is -0.303 e. The van der Waals surface area contributed by atoms with Crippen LogP contribution in [-0.4, -0.2) is 33.7 Å². The maximum absolute atomic E-state index is 13.4. The van der Waals surface area contributed by atoms with Crippen LogP contribution in [0.3, 0.4) is 0 Å². The zero-order chi connectivity index (χ0) is 20.6. The van der Waals surface area contributed by atoms with E-state index in [1.807, 2.05) is 0 Å². The van der Waals surface area contributed by atoms with Gasteiger partial charge in [0.25, 0.3) is 0 Å². The van der Waals surface area contributed by atoms with Crippen molar-refractivity contribution < 1.29 is 35.5 Å². The molecule has 0 radical (unpaired) electrons. The summed E-state index contributed by atoms with van der Waals surface area (Å²) < 4.78 is 90.0. The van der Waals surface area contributed by atoms with E-state index in [1.54, 1.807) is 24.3 Å². The molecule has 27 heavy (non-hydrogen) atoms. The Morgan fingerprint density at radius 3 is 2.19 bits per heavy atom. The molecule has 4 nitrogen and oxygen atoms in total. The second-order valence-electron chi connectivity index (χ2n) is 5.25. The number of anilines is 1. The van der Waals surface area contributed by atoms with Gasteiger partial charge >= 0.3 is 23.9 Å². The lowest BCUT2D eigenvalue weighted by Crippen LogP contribution is -2.57. The number of amides is 1. The molecule has 0 bridgehead atoms. The van der Waals surface area contributed by atoms with Crippen LogP contribution in [0.4, 0.5) is 36.6 Å². The number of rotatable bonds is 5. The summed E-state index contributed by atoms with van der Waals surface area (Å²) in [6.45, 7) is 0.0841. The number of nitrogens with one attached hydrogen (secondary N) is 1. The van der Waals surface area contributed by atoms with Gasteiger partial charge in [-0.25, -0.2) is 0 Å². The van der Waals surface area contributed by atoms with Gasteiger partial charge in [-0.05, 0) is 33.6 Å². The van der Waals surface area contributed by atoms with Crippen LogP contribution >= 0.6 is 27.5 Å². The van der Waals surface area contributed by atoms with Crippen LogP contribution in [0.15, 0.2) is 34.9 Å². The lowest BCUT2D eigenvalue weighted by atomic mass is 10.1. The zero-order valence-electron chi connectivity index (χ0n) is 12.8. The maximum atomic E-state index is 13.4. The maximum Gasteiger partial charge on any atom is 0.460 e. The van der Waals surface area contributed by atoms with Crippen molar-refractivity contribution in [3.63, 3.8) is 0 Å². The van der Waals surface area contributed by atoms with E-state index in [4.69, 9.17) is 11.6 Å². The molecule has 1 aromatic carbocycles. The standard InChI is InChI=1S/C14H8BrClF7N3O/c15-9-6-26(5-7-1-3-8(16)4-2-7)25-10(9)24-11(27)12(17,18)13(19,20)14(21,22)23/h1-4,6H,5H2,(H,24,25,27). The Bertz CT molecular complexity index is 836. The minimum atomic E-state index is -6.61. The fourth-order valence-electron chi connectivity index (χ4n) is 1.85. The van der Waals surface area contributed by atoms with E-state index in [2.05, 4.69) is 21.0 Å². The van der Waals surface area contributed by atoms with Crippen LogP contribution in [0.2, 0.25) is 5.02 Å². The van der Waals surface area contributed by atoms with E-state index in [1.165, 1.54) is 11.5 Å². The van der Waals surface area contributed by atoms with Crippen LogP contribution in [0, 0.1) is 0 Å². The van der Waals surface area contributed by atoms with Gasteiger partial charge in [-0.15, -0.1) is 0 Å². The Kier molecular flexibility index (Phi) is 5.81. The molecule has 0 spiro atoms. The first kappa shape index (κ1) is 21.5. The Hall–Kier alpha value is -1.82. The van der Waals surface area contributed by atoms with Crippen LogP contribution in [-0.2, 0) is 11.3 Å². The first-order valence-corrected chi connectivity index (χ1v) is 8.04. The molecule has 0 atom stereocenters. The first-order chi connectivity index (χ1) is 12.3. The lowest BCUT2D eigenvalue weighted by molar-refractivity contribution is -0.343. The average Bonchev–Trinajstić information content (AvgIpc) is 2.87. The molecule has 13 heteroatoms. The van der Waals surface area contributed by atoms with Gasteiger partial charge in [0.05, 0.1) is 11.0 Å². The molecule has 1 aromatic heterocycles. The summed E-state index contributed by atoms with van der Waals surface area (Å²) >= 11 is 8.58. The van der Waals surface area contributed by atoms with Crippen molar-refractivity contribution in [3.8, 4) is 0 Å². The first-order valence-electron chi connectivity index (χ1n) is 6.87. The van der Waals surface area contributed by atoms with Gasteiger partial charge in [-0.3, -0.25) is 9.48 Å². The second kappa shape index (κ2) is 7.30. The van der Waals surface area contributed by atoms with Crippen molar-refractivity contribution in [1.29, 1.82) is 0 Å². The molecule has 0 aliphatic rings. The molecule has 1 amide bonds. The summed E-state index contributed by atoms with van der Waals surface area (Å²) in [5.41, 5.74) is 0.668.